The van der Waals surface area contributed by atoms with Crippen LogP contribution in [-0.4, -0.2) is 21.9 Å². The van der Waals surface area contributed by atoms with Gasteiger partial charge in [0.15, 0.2) is 0 Å². The van der Waals surface area contributed by atoms with Crippen molar-refractivity contribution in [3.8, 4) is 0 Å². The number of hydrogen-bond acceptors (Lipinski definition) is 1. The summed E-state index contributed by atoms with van der Waals surface area (Å²) >= 11 is 5.92. The maximum absolute atomic E-state index is 12.8. The molecule has 1 aromatic heterocycles. The summed E-state index contributed by atoms with van der Waals surface area (Å²) in [7, 11) is 2.08. The van der Waals surface area contributed by atoms with E-state index in [4.69, 9.17) is 11.6 Å². The average Bonchev–Trinajstić information content (AvgIpc) is 2.78. The van der Waals surface area contributed by atoms with Gasteiger partial charge in [-0.1, -0.05) is 35.9 Å². The number of nitrogens with zero attached hydrogens (tertiary/aromatic N) is 2. The molecule has 3 nitrogen and oxygen atoms in total. The Morgan fingerprint density at radius 1 is 1.12 bits per heavy atom. The molecule has 1 amide bonds. The van der Waals surface area contributed by atoms with Crippen LogP contribution in [0.3, 0.4) is 0 Å². The molecule has 1 aliphatic rings. The van der Waals surface area contributed by atoms with Gasteiger partial charge in [-0.15, -0.1) is 0 Å². The molecule has 0 spiro atoms. The molecule has 2 heterocycles. The third-order valence-corrected chi connectivity index (χ3v) is 5.06. The van der Waals surface area contributed by atoms with Crippen molar-refractivity contribution < 1.29 is 4.79 Å². The summed E-state index contributed by atoms with van der Waals surface area (Å²) in [6.45, 7) is 1.45. The fraction of sp³-hybridized carbons (Fsp3) is 0.250. The molecule has 0 unspecified atom stereocenters. The van der Waals surface area contributed by atoms with E-state index < -0.39 is 0 Å². The Labute approximate surface area is 146 Å². The van der Waals surface area contributed by atoms with Crippen molar-refractivity contribution >= 4 is 28.4 Å². The SMILES string of the molecule is Cn1cc2c3c(cccc31)CN(C(=O)Cc1ccc(Cl)cc1)CC2. The van der Waals surface area contributed by atoms with Gasteiger partial charge in [0, 0.05) is 42.3 Å². The summed E-state index contributed by atoms with van der Waals surface area (Å²) in [6, 6.07) is 13.9. The van der Waals surface area contributed by atoms with Gasteiger partial charge >= 0.3 is 0 Å². The molecular formula is C20H19ClN2O. The highest BCUT2D eigenvalue weighted by molar-refractivity contribution is 6.30. The highest BCUT2D eigenvalue weighted by Crippen LogP contribution is 2.29. The van der Waals surface area contributed by atoms with E-state index in [-0.39, 0.29) is 5.91 Å². The van der Waals surface area contributed by atoms with Gasteiger partial charge in [0.1, 0.15) is 0 Å². The van der Waals surface area contributed by atoms with Crippen molar-refractivity contribution in [2.45, 2.75) is 19.4 Å². The second-order valence-corrected chi connectivity index (χ2v) is 6.88. The van der Waals surface area contributed by atoms with Crippen molar-refractivity contribution in [1.82, 2.24) is 9.47 Å². The lowest BCUT2D eigenvalue weighted by Gasteiger charge is -2.21. The molecule has 2 aromatic carbocycles. The molecule has 3 aromatic rings. The van der Waals surface area contributed by atoms with E-state index in [0.717, 1.165) is 18.5 Å². The van der Waals surface area contributed by atoms with Crippen LogP contribution in [0.15, 0.2) is 48.7 Å². The summed E-state index contributed by atoms with van der Waals surface area (Å²) < 4.78 is 2.18. The number of aromatic nitrogens is 1. The van der Waals surface area contributed by atoms with Gasteiger partial charge in [0.2, 0.25) is 5.91 Å². The van der Waals surface area contributed by atoms with Crippen molar-refractivity contribution in [2.24, 2.45) is 7.05 Å². The van der Waals surface area contributed by atoms with E-state index in [1.165, 1.54) is 22.0 Å². The molecule has 0 bridgehead atoms. The van der Waals surface area contributed by atoms with E-state index in [1.807, 2.05) is 29.2 Å². The van der Waals surface area contributed by atoms with Gasteiger partial charge in [0.25, 0.3) is 0 Å². The maximum atomic E-state index is 12.8. The lowest BCUT2D eigenvalue weighted by molar-refractivity contribution is -0.131. The molecule has 24 heavy (non-hydrogen) atoms. The van der Waals surface area contributed by atoms with Crippen molar-refractivity contribution in [3.05, 3.63) is 70.4 Å². The molecule has 0 aliphatic carbocycles. The standard InChI is InChI=1S/C20H19ClN2O/c1-22-12-16-9-10-23(13-15-3-2-4-18(22)20(15)16)19(24)11-14-5-7-17(21)8-6-14/h2-8,12H,9-11,13H2,1H3. The summed E-state index contributed by atoms with van der Waals surface area (Å²) in [5, 5.41) is 2.02. The van der Waals surface area contributed by atoms with Crippen molar-refractivity contribution in [3.63, 3.8) is 0 Å². The average molecular weight is 339 g/mol. The van der Waals surface area contributed by atoms with Gasteiger partial charge in [-0.05, 0) is 41.3 Å². The highest BCUT2D eigenvalue weighted by Gasteiger charge is 2.21. The smallest absolute Gasteiger partial charge is 0.227 e. The van der Waals surface area contributed by atoms with Crippen molar-refractivity contribution in [2.75, 3.05) is 6.54 Å². The number of halogens is 1. The first-order chi connectivity index (χ1) is 11.6. The Morgan fingerprint density at radius 3 is 2.71 bits per heavy atom. The second kappa shape index (κ2) is 5.99. The van der Waals surface area contributed by atoms with Crippen LogP contribution in [0.4, 0.5) is 0 Å². The Balaban J connectivity index is 1.59. The molecule has 122 valence electrons. The van der Waals surface area contributed by atoms with Crippen LogP contribution in [0.25, 0.3) is 10.9 Å². The normalized spacial score (nSPS) is 14.0. The van der Waals surface area contributed by atoms with E-state index in [0.29, 0.717) is 18.0 Å². The van der Waals surface area contributed by atoms with Gasteiger partial charge < -0.3 is 9.47 Å². The zero-order chi connectivity index (χ0) is 16.7. The Kier molecular flexibility index (Phi) is 3.81. The molecule has 0 saturated carbocycles. The predicted molar refractivity (Wildman–Crippen MR) is 97.2 cm³/mol. The molecule has 0 atom stereocenters. The summed E-state index contributed by atoms with van der Waals surface area (Å²) in [5.41, 5.74) is 4.83. The van der Waals surface area contributed by atoms with Crippen molar-refractivity contribution in [1.29, 1.82) is 0 Å². The number of amides is 1. The number of rotatable bonds is 2. The van der Waals surface area contributed by atoms with Crippen LogP contribution in [0, 0.1) is 0 Å². The molecule has 1 aliphatic heterocycles. The number of hydrogen-bond donors (Lipinski definition) is 0. The first-order valence-corrected chi connectivity index (χ1v) is 8.57. The Hall–Kier alpha value is -2.26. The summed E-state index contributed by atoms with van der Waals surface area (Å²) in [6.07, 6.45) is 3.52. The minimum absolute atomic E-state index is 0.170. The van der Waals surface area contributed by atoms with E-state index in [1.54, 1.807) is 0 Å². The van der Waals surface area contributed by atoms with E-state index in [9.17, 15) is 4.79 Å². The largest absolute Gasteiger partial charge is 0.350 e. The quantitative estimate of drug-likeness (QED) is 0.694. The Morgan fingerprint density at radius 2 is 1.92 bits per heavy atom. The number of carbonyl (C=O) groups is 1. The highest BCUT2D eigenvalue weighted by atomic mass is 35.5. The number of carbonyl (C=O) groups excluding carboxylic acids is 1. The van der Waals surface area contributed by atoms with Crippen LogP contribution in [0.1, 0.15) is 16.7 Å². The molecule has 4 rings (SSSR count). The number of benzene rings is 2. The van der Waals surface area contributed by atoms with E-state index >= 15 is 0 Å². The molecule has 4 heteroatoms. The third kappa shape index (κ3) is 2.69. The fourth-order valence-corrected chi connectivity index (χ4v) is 3.71. The molecule has 0 radical (unpaired) electrons. The molecular weight excluding hydrogens is 320 g/mol. The minimum Gasteiger partial charge on any atom is -0.350 e. The van der Waals surface area contributed by atoms with Crippen LogP contribution >= 0.6 is 11.6 Å². The van der Waals surface area contributed by atoms with Crippen LogP contribution in [0.2, 0.25) is 5.02 Å². The van der Waals surface area contributed by atoms with Gasteiger partial charge in [-0.25, -0.2) is 0 Å². The van der Waals surface area contributed by atoms with Crippen LogP contribution in [-0.2, 0) is 31.2 Å². The van der Waals surface area contributed by atoms with Gasteiger partial charge in [-0.3, -0.25) is 4.79 Å². The predicted octanol–water partition coefficient (Wildman–Crippen LogP) is 3.96. The first kappa shape index (κ1) is 15.3. The third-order valence-electron chi connectivity index (χ3n) is 4.81. The molecule has 0 N–H and O–H groups in total. The Bertz CT molecular complexity index is 911. The van der Waals surface area contributed by atoms with Gasteiger partial charge in [0.05, 0.1) is 6.42 Å². The van der Waals surface area contributed by atoms with E-state index in [2.05, 4.69) is 36.0 Å². The summed E-state index contributed by atoms with van der Waals surface area (Å²) in [5.74, 6) is 0.170. The lowest BCUT2D eigenvalue weighted by Crippen LogP contribution is -2.32. The maximum Gasteiger partial charge on any atom is 0.227 e. The zero-order valence-corrected chi connectivity index (χ0v) is 14.4. The second-order valence-electron chi connectivity index (χ2n) is 6.45. The number of aryl methyl sites for hydroxylation is 1. The zero-order valence-electron chi connectivity index (χ0n) is 13.6. The van der Waals surface area contributed by atoms with Crippen LogP contribution in [0.5, 0.6) is 0 Å². The fourth-order valence-electron chi connectivity index (χ4n) is 3.58. The van der Waals surface area contributed by atoms with Gasteiger partial charge in [-0.2, -0.15) is 0 Å². The summed E-state index contributed by atoms with van der Waals surface area (Å²) in [4.78, 5) is 14.7. The minimum atomic E-state index is 0.170. The first-order valence-electron chi connectivity index (χ1n) is 8.20. The topological polar surface area (TPSA) is 25.2 Å². The van der Waals surface area contributed by atoms with Crippen LogP contribution < -0.4 is 0 Å². The molecule has 0 fully saturated rings. The monoisotopic (exact) mass is 338 g/mol. The lowest BCUT2D eigenvalue weighted by atomic mass is 10.1. The molecule has 0 saturated heterocycles.